The van der Waals surface area contributed by atoms with Crippen LogP contribution in [0, 0.1) is 6.92 Å². The number of anilines is 1. The van der Waals surface area contributed by atoms with Crippen LogP contribution in [-0.2, 0) is 9.53 Å². The summed E-state index contributed by atoms with van der Waals surface area (Å²) in [5.74, 6) is 0.376. The van der Waals surface area contributed by atoms with Crippen LogP contribution in [0.25, 0.3) is 0 Å². The van der Waals surface area contributed by atoms with Crippen molar-refractivity contribution in [1.82, 2.24) is 15.5 Å². The molecule has 3 heterocycles. The van der Waals surface area contributed by atoms with Crippen LogP contribution in [0.1, 0.15) is 5.01 Å². The van der Waals surface area contributed by atoms with Gasteiger partial charge in [-0.3, -0.25) is 14.6 Å². The minimum atomic E-state index is -0.178. The number of carbonyl (C=O) groups excluding carboxylic acids is 1. The number of hydrogen-bond donors (Lipinski definition) is 1. The Kier molecular flexibility index (Phi) is 4.85. The van der Waals surface area contributed by atoms with E-state index in [2.05, 4.69) is 20.8 Å². The molecular weight excluding hydrogens is 328 g/mol. The van der Waals surface area contributed by atoms with Gasteiger partial charge in [0, 0.05) is 0 Å². The molecule has 0 aromatic carbocycles. The van der Waals surface area contributed by atoms with E-state index in [0.717, 1.165) is 22.4 Å². The zero-order valence-electron chi connectivity index (χ0n) is 11.9. The average molecular weight is 343 g/mol. The number of aryl methyl sites for hydroxylation is 1. The highest BCUT2D eigenvalue weighted by molar-refractivity contribution is 8.01. The van der Waals surface area contributed by atoms with Crippen molar-refractivity contribution in [2.24, 2.45) is 0 Å². The molecular formula is C11H15N6O3S2+. The first-order valence-corrected chi connectivity index (χ1v) is 8.45. The molecule has 1 amide bonds. The van der Waals surface area contributed by atoms with Crippen LogP contribution < -0.4 is 15.1 Å². The van der Waals surface area contributed by atoms with Crippen molar-refractivity contribution in [3.8, 4) is 0 Å². The monoisotopic (exact) mass is 343 g/mol. The molecule has 0 unspecified atom stereocenters. The van der Waals surface area contributed by atoms with Crippen molar-refractivity contribution in [3.63, 3.8) is 0 Å². The highest BCUT2D eigenvalue weighted by Gasteiger charge is 2.23. The van der Waals surface area contributed by atoms with Crippen LogP contribution in [0.3, 0.4) is 0 Å². The SMILES string of the molecule is Cc1nnc(SCC(=O)Nc2c[n+](N3CCOCC3)no2)s1. The number of carbonyl (C=O) groups is 1. The van der Waals surface area contributed by atoms with E-state index in [1.165, 1.54) is 23.1 Å². The van der Waals surface area contributed by atoms with Crippen molar-refractivity contribution in [2.45, 2.75) is 11.3 Å². The molecule has 0 bridgehead atoms. The molecule has 3 rings (SSSR count). The van der Waals surface area contributed by atoms with E-state index in [1.807, 2.05) is 11.9 Å². The summed E-state index contributed by atoms with van der Waals surface area (Å²) in [4.78, 5) is 13.5. The number of thioether (sulfide) groups is 1. The molecule has 1 fully saturated rings. The predicted molar refractivity (Wildman–Crippen MR) is 79.5 cm³/mol. The van der Waals surface area contributed by atoms with Gasteiger partial charge in [0.2, 0.25) is 11.2 Å². The van der Waals surface area contributed by atoms with E-state index in [0.29, 0.717) is 19.1 Å². The fourth-order valence-corrected chi connectivity index (χ4v) is 3.44. The molecule has 0 aliphatic carbocycles. The first kappa shape index (κ1) is 15.2. The van der Waals surface area contributed by atoms with Crippen LogP contribution >= 0.6 is 23.1 Å². The van der Waals surface area contributed by atoms with Gasteiger partial charge in [-0.05, 0) is 6.92 Å². The number of nitrogens with one attached hydrogen (secondary N) is 1. The van der Waals surface area contributed by atoms with Crippen molar-refractivity contribution in [3.05, 3.63) is 11.2 Å². The van der Waals surface area contributed by atoms with Gasteiger partial charge in [0.15, 0.2) is 4.34 Å². The number of ether oxygens (including phenoxy) is 1. The summed E-state index contributed by atoms with van der Waals surface area (Å²) in [6, 6.07) is 0. The highest BCUT2D eigenvalue weighted by atomic mass is 32.2. The summed E-state index contributed by atoms with van der Waals surface area (Å²) in [6.45, 7) is 4.65. The van der Waals surface area contributed by atoms with Gasteiger partial charge in [-0.25, -0.2) is 0 Å². The molecule has 11 heteroatoms. The molecule has 0 radical (unpaired) electrons. The van der Waals surface area contributed by atoms with Crippen molar-refractivity contribution >= 4 is 34.9 Å². The number of amides is 1. The van der Waals surface area contributed by atoms with Gasteiger partial charge in [-0.15, -0.1) is 15.2 Å². The second kappa shape index (κ2) is 7.03. The third kappa shape index (κ3) is 3.93. The smallest absolute Gasteiger partial charge is 0.305 e. The molecule has 2 aromatic heterocycles. The largest absolute Gasteiger partial charge is 0.377 e. The van der Waals surface area contributed by atoms with E-state index in [-0.39, 0.29) is 11.7 Å². The van der Waals surface area contributed by atoms with Gasteiger partial charge in [-0.1, -0.05) is 23.1 Å². The first-order chi connectivity index (χ1) is 10.7. The maximum absolute atomic E-state index is 11.9. The minimum absolute atomic E-state index is 0.178. The number of hydrogen-bond acceptors (Lipinski definition) is 9. The van der Waals surface area contributed by atoms with Crippen molar-refractivity contribution in [1.29, 1.82) is 0 Å². The second-order valence-electron chi connectivity index (χ2n) is 4.48. The molecule has 118 valence electrons. The molecule has 9 nitrogen and oxygen atoms in total. The fraction of sp³-hybridized carbons (Fsp3) is 0.545. The Hall–Kier alpha value is -1.72. The zero-order chi connectivity index (χ0) is 15.4. The standard InChI is InChI=1S/C11H14N6O3S2/c1-8-13-14-11(22-8)21-7-9(18)12-10-6-17(15-20-10)16-2-4-19-5-3-16/h6H,2-5,7H2,1H3/p+1. The van der Waals surface area contributed by atoms with Gasteiger partial charge < -0.3 is 4.74 Å². The van der Waals surface area contributed by atoms with Gasteiger partial charge in [0.1, 0.15) is 5.01 Å². The average Bonchev–Trinajstić information content (AvgIpc) is 3.15. The molecule has 22 heavy (non-hydrogen) atoms. The van der Waals surface area contributed by atoms with E-state index >= 15 is 0 Å². The quantitative estimate of drug-likeness (QED) is 0.590. The van der Waals surface area contributed by atoms with Gasteiger partial charge in [0.25, 0.3) is 6.20 Å². The van der Waals surface area contributed by atoms with Gasteiger partial charge in [-0.2, -0.15) is 0 Å². The van der Waals surface area contributed by atoms with Crippen molar-refractivity contribution in [2.75, 3.05) is 42.4 Å². The molecule has 0 atom stereocenters. The topological polar surface area (TPSA) is 97.3 Å². The normalized spacial score (nSPS) is 15.0. The molecule has 1 aliphatic heterocycles. The number of morpholine rings is 1. The van der Waals surface area contributed by atoms with E-state index in [4.69, 9.17) is 9.26 Å². The highest BCUT2D eigenvalue weighted by Crippen LogP contribution is 2.21. The Bertz CT molecular complexity index is 639. The molecule has 1 N–H and O–H groups in total. The fourth-order valence-electron chi connectivity index (χ4n) is 1.82. The Balaban J connectivity index is 1.50. The van der Waals surface area contributed by atoms with E-state index in [1.54, 1.807) is 11.0 Å². The third-order valence-corrected chi connectivity index (χ3v) is 4.80. The van der Waals surface area contributed by atoms with Crippen LogP contribution in [0.2, 0.25) is 0 Å². The van der Waals surface area contributed by atoms with Gasteiger partial charge >= 0.3 is 5.88 Å². The van der Waals surface area contributed by atoms with Crippen molar-refractivity contribution < 1.29 is 18.8 Å². The lowest BCUT2D eigenvalue weighted by atomic mass is 10.5. The number of nitrogens with zero attached hydrogens (tertiary/aromatic N) is 5. The summed E-state index contributed by atoms with van der Waals surface area (Å²) >= 11 is 2.80. The number of rotatable bonds is 5. The lowest BCUT2D eigenvalue weighted by Crippen LogP contribution is -2.62. The van der Waals surface area contributed by atoms with Crippen LogP contribution in [0.5, 0.6) is 0 Å². The molecule has 0 saturated carbocycles. The van der Waals surface area contributed by atoms with E-state index < -0.39 is 0 Å². The Labute approximate surface area is 134 Å². The summed E-state index contributed by atoms with van der Waals surface area (Å²) in [5.41, 5.74) is 0. The minimum Gasteiger partial charge on any atom is -0.377 e. The number of aromatic nitrogens is 4. The molecule has 1 aliphatic rings. The third-order valence-electron chi connectivity index (χ3n) is 2.83. The molecule has 2 aromatic rings. The predicted octanol–water partition coefficient (Wildman–Crippen LogP) is -0.179. The van der Waals surface area contributed by atoms with Crippen LogP contribution in [0.4, 0.5) is 5.88 Å². The van der Waals surface area contributed by atoms with E-state index in [9.17, 15) is 4.79 Å². The zero-order valence-corrected chi connectivity index (χ0v) is 13.5. The summed E-state index contributed by atoms with van der Waals surface area (Å²) < 4.78 is 11.2. The summed E-state index contributed by atoms with van der Waals surface area (Å²) in [7, 11) is 0. The lowest BCUT2D eigenvalue weighted by molar-refractivity contribution is -0.759. The summed E-state index contributed by atoms with van der Waals surface area (Å²) in [5, 5.41) is 17.3. The summed E-state index contributed by atoms with van der Waals surface area (Å²) in [6.07, 6.45) is 1.64. The molecule has 1 saturated heterocycles. The molecule has 0 spiro atoms. The Morgan fingerprint density at radius 1 is 1.50 bits per heavy atom. The Morgan fingerprint density at radius 2 is 2.32 bits per heavy atom. The maximum Gasteiger partial charge on any atom is 0.305 e. The first-order valence-electron chi connectivity index (χ1n) is 6.65. The second-order valence-corrected chi connectivity index (χ2v) is 6.88. The maximum atomic E-state index is 11.9. The van der Waals surface area contributed by atoms with Gasteiger partial charge in [0.05, 0.1) is 36.8 Å². The lowest BCUT2D eigenvalue weighted by Gasteiger charge is -2.18. The van der Waals surface area contributed by atoms with Crippen LogP contribution in [-0.4, -0.2) is 53.4 Å². The Morgan fingerprint density at radius 3 is 3.05 bits per heavy atom. The van der Waals surface area contributed by atoms with Crippen LogP contribution in [0.15, 0.2) is 15.1 Å².